The van der Waals surface area contributed by atoms with Gasteiger partial charge < -0.3 is 15.5 Å². The van der Waals surface area contributed by atoms with Crippen LogP contribution in [0.3, 0.4) is 0 Å². The highest BCUT2D eigenvalue weighted by molar-refractivity contribution is 6.31. The van der Waals surface area contributed by atoms with Crippen molar-refractivity contribution in [1.29, 1.82) is 0 Å². The van der Waals surface area contributed by atoms with Gasteiger partial charge in [0.1, 0.15) is 11.6 Å². The molecule has 1 aromatic heterocycles. The molecule has 0 unspecified atom stereocenters. The number of furan rings is 1. The standard InChI is InChI=1S/C12H10ClFN2O2/c13-9-5-7(1-3-10(9)14)16-12(17)11-4-2-8(6-15)18-11/h1-5H,6,15H2,(H,16,17). The molecule has 18 heavy (non-hydrogen) atoms. The summed E-state index contributed by atoms with van der Waals surface area (Å²) in [6, 6.07) is 7.04. The normalized spacial score (nSPS) is 10.4. The number of nitrogens with two attached hydrogens (primary N) is 1. The molecule has 0 saturated heterocycles. The molecule has 1 heterocycles. The number of nitrogens with one attached hydrogen (secondary N) is 1. The van der Waals surface area contributed by atoms with Crippen molar-refractivity contribution in [2.24, 2.45) is 5.73 Å². The van der Waals surface area contributed by atoms with E-state index in [1.807, 2.05) is 0 Å². The average Bonchev–Trinajstić information content (AvgIpc) is 2.82. The van der Waals surface area contributed by atoms with Gasteiger partial charge in [0, 0.05) is 5.69 Å². The van der Waals surface area contributed by atoms with Gasteiger partial charge in [0.15, 0.2) is 5.76 Å². The Morgan fingerprint density at radius 3 is 2.78 bits per heavy atom. The summed E-state index contributed by atoms with van der Waals surface area (Å²) in [5, 5.41) is 2.48. The van der Waals surface area contributed by atoms with E-state index in [-0.39, 0.29) is 17.3 Å². The van der Waals surface area contributed by atoms with Gasteiger partial charge in [-0.2, -0.15) is 0 Å². The highest BCUT2D eigenvalue weighted by atomic mass is 35.5. The summed E-state index contributed by atoms with van der Waals surface area (Å²) in [4.78, 5) is 11.8. The Morgan fingerprint density at radius 2 is 2.17 bits per heavy atom. The van der Waals surface area contributed by atoms with Crippen LogP contribution in [0.25, 0.3) is 0 Å². The first kappa shape index (κ1) is 12.6. The van der Waals surface area contributed by atoms with Gasteiger partial charge in [-0.3, -0.25) is 4.79 Å². The van der Waals surface area contributed by atoms with Crippen molar-refractivity contribution in [3.63, 3.8) is 0 Å². The summed E-state index contributed by atoms with van der Waals surface area (Å²) in [6.45, 7) is 0.218. The van der Waals surface area contributed by atoms with Crippen LogP contribution in [0, 0.1) is 5.82 Å². The molecule has 2 rings (SSSR count). The van der Waals surface area contributed by atoms with Crippen LogP contribution < -0.4 is 11.1 Å². The van der Waals surface area contributed by atoms with E-state index in [1.165, 1.54) is 24.3 Å². The topological polar surface area (TPSA) is 68.3 Å². The molecule has 0 fully saturated rings. The quantitative estimate of drug-likeness (QED) is 0.899. The summed E-state index contributed by atoms with van der Waals surface area (Å²) >= 11 is 5.60. The first-order valence-corrected chi connectivity index (χ1v) is 5.53. The molecule has 2 aromatic rings. The van der Waals surface area contributed by atoms with Gasteiger partial charge in [-0.15, -0.1) is 0 Å². The Bertz CT molecular complexity index is 583. The summed E-state index contributed by atoms with van der Waals surface area (Å²) in [6.07, 6.45) is 0. The smallest absolute Gasteiger partial charge is 0.291 e. The van der Waals surface area contributed by atoms with E-state index in [9.17, 15) is 9.18 Å². The van der Waals surface area contributed by atoms with Gasteiger partial charge in [0.2, 0.25) is 0 Å². The van der Waals surface area contributed by atoms with E-state index in [2.05, 4.69) is 5.32 Å². The molecule has 6 heteroatoms. The molecule has 1 aromatic carbocycles. The Hall–Kier alpha value is -1.85. The Labute approximate surface area is 108 Å². The van der Waals surface area contributed by atoms with Gasteiger partial charge in [0.05, 0.1) is 11.6 Å². The Balaban J connectivity index is 2.13. The number of hydrogen-bond donors (Lipinski definition) is 2. The van der Waals surface area contributed by atoms with Crippen molar-refractivity contribution in [2.45, 2.75) is 6.54 Å². The second-order valence-corrected chi connectivity index (χ2v) is 3.96. The third-order valence-electron chi connectivity index (χ3n) is 2.26. The van der Waals surface area contributed by atoms with E-state index in [0.29, 0.717) is 11.4 Å². The number of hydrogen-bond acceptors (Lipinski definition) is 3. The first-order chi connectivity index (χ1) is 8.60. The van der Waals surface area contributed by atoms with Gasteiger partial charge in [-0.25, -0.2) is 4.39 Å². The third kappa shape index (κ3) is 2.69. The fourth-order valence-electron chi connectivity index (χ4n) is 1.38. The molecule has 0 saturated carbocycles. The molecule has 0 aliphatic carbocycles. The molecule has 0 aliphatic heterocycles. The molecule has 0 aliphatic rings. The molecule has 0 radical (unpaired) electrons. The molecule has 1 amide bonds. The zero-order chi connectivity index (χ0) is 13.1. The van der Waals surface area contributed by atoms with Gasteiger partial charge in [-0.05, 0) is 30.3 Å². The second kappa shape index (κ2) is 5.20. The van der Waals surface area contributed by atoms with Crippen molar-refractivity contribution in [1.82, 2.24) is 0 Å². The number of halogens is 2. The molecule has 4 nitrogen and oxygen atoms in total. The van der Waals surface area contributed by atoms with Gasteiger partial charge in [0.25, 0.3) is 5.91 Å². The lowest BCUT2D eigenvalue weighted by Gasteiger charge is -2.03. The molecule has 0 spiro atoms. The maximum atomic E-state index is 12.9. The fraction of sp³-hybridized carbons (Fsp3) is 0.0833. The molecule has 0 atom stereocenters. The monoisotopic (exact) mass is 268 g/mol. The second-order valence-electron chi connectivity index (χ2n) is 3.55. The van der Waals surface area contributed by atoms with Gasteiger partial charge in [-0.1, -0.05) is 11.6 Å². The van der Waals surface area contributed by atoms with Crippen LogP contribution in [-0.4, -0.2) is 5.91 Å². The number of amides is 1. The van der Waals surface area contributed by atoms with E-state index >= 15 is 0 Å². The van der Waals surface area contributed by atoms with Crippen molar-refractivity contribution in [3.05, 3.63) is 52.7 Å². The minimum absolute atomic E-state index is 0.0603. The average molecular weight is 269 g/mol. The fourth-order valence-corrected chi connectivity index (χ4v) is 1.56. The number of benzene rings is 1. The SMILES string of the molecule is NCc1ccc(C(=O)Nc2ccc(F)c(Cl)c2)o1. The zero-order valence-electron chi connectivity index (χ0n) is 9.24. The summed E-state index contributed by atoms with van der Waals surface area (Å²) in [5.41, 5.74) is 5.75. The maximum Gasteiger partial charge on any atom is 0.291 e. The number of carbonyl (C=O) groups is 1. The number of rotatable bonds is 3. The molecular weight excluding hydrogens is 259 g/mol. The first-order valence-electron chi connectivity index (χ1n) is 5.15. The van der Waals surface area contributed by atoms with E-state index in [0.717, 1.165) is 0 Å². The molecule has 94 valence electrons. The van der Waals surface area contributed by atoms with Crippen molar-refractivity contribution in [3.8, 4) is 0 Å². The maximum absolute atomic E-state index is 12.9. The zero-order valence-corrected chi connectivity index (χ0v) is 10.00. The Morgan fingerprint density at radius 1 is 1.39 bits per heavy atom. The number of carbonyl (C=O) groups excluding carboxylic acids is 1. The van der Waals surface area contributed by atoms with Crippen LogP contribution in [-0.2, 0) is 6.54 Å². The summed E-state index contributed by atoms with van der Waals surface area (Å²) in [7, 11) is 0. The van der Waals surface area contributed by atoms with Crippen LogP contribution >= 0.6 is 11.6 Å². The van der Waals surface area contributed by atoms with Crippen molar-refractivity contribution >= 4 is 23.2 Å². The summed E-state index contributed by atoms with van der Waals surface area (Å²) in [5.74, 6) is -0.344. The van der Waals surface area contributed by atoms with Crippen molar-refractivity contribution in [2.75, 3.05) is 5.32 Å². The predicted octanol–water partition coefficient (Wildman–Crippen LogP) is 2.78. The molecule has 3 N–H and O–H groups in total. The summed E-state index contributed by atoms with van der Waals surface area (Å²) < 4.78 is 18.1. The lowest BCUT2D eigenvalue weighted by molar-refractivity contribution is 0.0995. The Kier molecular flexibility index (Phi) is 3.64. The van der Waals surface area contributed by atoms with Crippen LogP contribution in [0.1, 0.15) is 16.3 Å². The highest BCUT2D eigenvalue weighted by Crippen LogP contribution is 2.20. The lowest BCUT2D eigenvalue weighted by Crippen LogP contribution is -2.11. The van der Waals surface area contributed by atoms with E-state index in [4.69, 9.17) is 21.8 Å². The minimum atomic E-state index is -0.543. The highest BCUT2D eigenvalue weighted by Gasteiger charge is 2.11. The van der Waals surface area contributed by atoms with Crippen LogP contribution in [0.5, 0.6) is 0 Å². The molecular formula is C12H10ClFN2O2. The lowest BCUT2D eigenvalue weighted by atomic mass is 10.3. The number of anilines is 1. The van der Waals surface area contributed by atoms with Crippen molar-refractivity contribution < 1.29 is 13.6 Å². The van der Waals surface area contributed by atoms with Crippen LogP contribution in [0.2, 0.25) is 5.02 Å². The third-order valence-corrected chi connectivity index (χ3v) is 2.55. The van der Waals surface area contributed by atoms with Gasteiger partial charge >= 0.3 is 0 Å². The predicted molar refractivity (Wildman–Crippen MR) is 66.0 cm³/mol. The minimum Gasteiger partial charge on any atom is -0.455 e. The van der Waals surface area contributed by atoms with E-state index < -0.39 is 11.7 Å². The van der Waals surface area contributed by atoms with E-state index in [1.54, 1.807) is 6.07 Å². The largest absolute Gasteiger partial charge is 0.455 e. The molecule has 0 bridgehead atoms. The van der Waals surface area contributed by atoms with Crippen LogP contribution in [0.4, 0.5) is 10.1 Å². The van der Waals surface area contributed by atoms with Crippen LogP contribution in [0.15, 0.2) is 34.7 Å².